The number of aliphatic imine (C=N–C) groups is 3. The fourth-order valence-electron chi connectivity index (χ4n) is 2.63. The SMILES string of the molecule is NC1=NC(=O)C2N=CN(C[C@]3(CO)C[C@H]3CO)C2=N1. The van der Waals surface area contributed by atoms with Gasteiger partial charge in [0, 0.05) is 18.6 Å². The van der Waals surface area contributed by atoms with Gasteiger partial charge in [-0.05, 0) is 12.3 Å². The Balaban J connectivity index is 1.79. The molecule has 1 aliphatic carbocycles. The maximum absolute atomic E-state index is 11.6. The number of fused-ring (bicyclic) bond motifs is 1. The Hall–Kier alpha value is -1.80. The summed E-state index contributed by atoms with van der Waals surface area (Å²) in [6.45, 7) is 0.496. The van der Waals surface area contributed by atoms with Crippen molar-refractivity contribution in [1.29, 1.82) is 0 Å². The van der Waals surface area contributed by atoms with Crippen LogP contribution >= 0.6 is 0 Å². The number of nitrogens with zero attached hydrogens (tertiary/aromatic N) is 4. The van der Waals surface area contributed by atoms with E-state index in [1.165, 1.54) is 6.34 Å². The van der Waals surface area contributed by atoms with Gasteiger partial charge in [-0.25, -0.2) is 0 Å². The van der Waals surface area contributed by atoms with E-state index in [9.17, 15) is 15.0 Å². The van der Waals surface area contributed by atoms with Crippen molar-refractivity contribution in [2.24, 2.45) is 32.0 Å². The summed E-state index contributed by atoms with van der Waals surface area (Å²) in [5, 5.41) is 18.7. The van der Waals surface area contributed by atoms with Crippen molar-refractivity contribution in [3.63, 3.8) is 0 Å². The molecule has 102 valence electrons. The second-order valence-corrected chi connectivity index (χ2v) is 5.18. The van der Waals surface area contributed by atoms with Crippen LogP contribution in [0.1, 0.15) is 6.42 Å². The molecule has 19 heavy (non-hydrogen) atoms. The minimum Gasteiger partial charge on any atom is -0.396 e. The van der Waals surface area contributed by atoms with Crippen molar-refractivity contribution in [2.75, 3.05) is 19.8 Å². The van der Waals surface area contributed by atoms with Crippen molar-refractivity contribution in [3.8, 4) is 0 Å². The Morgan fingerprint density at radius 3 is 2.89 bits per heavy atom. The van der Waals surface area contributed by atoms with E-state index in [2.05, 4.69) is 15.0 Å². The maximum atomic E-state index is 11.6. The van der Waals surface area contributed by atoms with E-state index in [-0.39, 0.29) is 30.5 Å². The fraction of sp³-hybridized carbons (Fsp3) is 0.636. The fourth-order valence-corrected chi connectivity index (χ4v) is 2.63. The first-order valence-corrected chi connectivity index (χ1v) is 6.08. The largest absolute Gasteiger partial charge is 0.396 e. The minimum atomic E-state index is -0.714. The van der Waals surface area contributed by atoms with E-state index < -0.39 is 11.9 Å². The smallest absolute Gasteiger partial charge is 0.281 e. The number of nitrogens with two attached hydrogens (primary N) is 1. The molecule has 3 aliphatic rings. The first-order chi connectivity index (χ1) is 9.09. The molecule has 0 spiro atoms. The van der Waals surface area contributed by atoms with Gasteiger partial charge in [-0.2, -0.15) is 9.98 Å². The number of guanidine groups is 1. The summed E-state index contributed by atoms with van der Waals surface area (Å²) >= 11 is 0. The minimum absolute atomic E-state index is 0.0158. The van der Waals surface area contributed by atoms with Gasteiger partial charge in [-0.1, -0.05) is 0 Å². The summed E-state index contributed by atoms with van der Waals surface area (Å²) in [5.74, 6) is 0.0397. The maximum Gasteiger partial charge on any atom is 0.281 e. The third-order valence-electron chi connectivity index (χ3n) is 3.96. The van der Waals surface area contributed by atoms with E-state index >= 15 is 0 Å². The summed E-state index contributed by atoms with van der Waals surface area (Å²) in [7, 11) is 0. The molecular weight excluding hydrogens is 250 g/mol. The summed E-state index contributed by atoms with van der Waals surface area (Å²) in [5.41, 5.74) is 5.14. The van der Waals surface area contributed by atoms with Crippen molar-refractivity contribution < 1.29 is 15.0 Å². The summed E-state index contributed by atoms with van der Waals surface area (Å²) in [6, 6.07) is -0.714. The van der Waals surface area contributed by atoms with Crippen LogP contribution in [0.4, 0.5) is 0 Å². The van der Waals surface area contributed by atoms with Gasteiger partial charge in [0.2, 0.25) is 5.96 Å². The third-order valence-corrected chi connectivity index (χ3v) is 3.96. The van der Waals surface area contributed by atoms with Crippen LogP contribution in [0.3, 0.4) is 0 Å². The van der Waals surface area contributed by atoms with Crippen LogP contribution in [-0.4, -0.2) is 65.0 Å². The van der Waals surface area contributed by atoms with Gasteiger partial charge >= 0.3 is 0 Å². The summed E-state index contributed by atoms with van der Waals surface area (Å²) in [6.07, 6.45) is 2.28. The molecule has 0 aromatic rings. The van der Waals surface area contributed by atoms with Gasteiger partial charge in [-0.15, -0.1) is 0 Å². The number of aliphatic hydroxyl groups excluding tert-OH is 2. The average Bonchev–Trinajstić information content (AvgIpc) is 2.95. The predicted molar refractivity (Wildman–Crippen MR) is 67.8 cm³/mol. The number of hydrogen-bond donors (Lipinski definition) is 3. The van der Waals surface area contributed by atoms with E-state index in [0.29, 0.717) is 12.4 Å². The Morgan fingerprint density at radius 2 is 2.26 bits per heavy atom. The topological polar surface area (TPSA) is 124 Å². The molecule has 3 rings (SSSR count). The molecule has 1 fully saturated rings. The number of aliphatic hydroxyl groups is 2. The lowest BCUT2D eigenvalue weighted by Crippen LogP contribution is -2.43. The second kappa shape index (κ2) is 4.10. The quantitative estimate of drug-likeness (QED) is 0.539. The van der Waals surface area contributed by atoms with Crippen molar-refractivity contribution in [3.05, 3.63) is 0 Å². The molecule has 0 bridgehead atoms. The molecule has 2 heterocycles. The normalized spacial score (nSPS) is 36.1. The first-order valence-electron chi connectivity index (χ1n) is 6.08. The number of amidine groups is 1. The third kappa shape index (κ3) is 1.83. The molecule has 0 radical (unpaired) electrons. The van der Waals surface area contributed by atoms with Crippen molar-refractivity contribution >= 4 is 24.0 Å². The van der Waals surface area contributed by atoms with Gasteiger partial charge in [0.1, 0.15) is 5.84 Å². The van der Waals surface area contributed by atoms with E-state index in [0.717, 1.165) is 6.42 Å². The molecule has 1 amide bonds. The average molecular weight is 265 g/mol. The lowest BCUT2D eigenvalue weighted by Gasteiger charge is -2.24. The highest BCUT2D eigenvalue weighted by Gasteiger charge is 2.55. The highest BCUT2D eigenvalue weighted by Crippen LogP contribution is 2.52. The van der Waals surface area contributed by atoms with Crippen LogP contribution in [0.2, 0.25) is 0 Å². The van der Waals surface area contributed by atoms with E-state index in [4.69, 9.17) is 5.73 Å². The Bertz CT molecular complexity index is 514. The van der Waals surface area contributed by atoms with Crippen LogP contribution in [0, 0.1) is 11.3 Å². The zero-order valence-corrected chi connectivity index (χ0v) is 10.2. The molecule has 2 aliphatic heterocycles. The summed E-state index contributed by atoms with van der Waals surface area (Å²) < 4.78 is 0. The van der Waals surface area contributed by atoms with Crippen LogP contribution in [0.25, 0.3) is 0 Å². The Kier molecular flexibility index (Phi) is 2.64. The van der Waals surface area contributed by atoms with Crippen LogP contribution in [0.15, 0.2) is 15.0 Å². The van der Waals surface area contributed by atoms with Gasteiger partial charge in [0.25, 0.3) is 5.91 Å². The summed E-state index contributed by atoms with van der Waals surface area (Å²) in [4.78, 5) is 25.0. The van der Waals surface area contributed by atoms with Crippen molar-refractivity contribution in [2.45, 2.75) is 12.5 Å². The van der Waals surface area contributed by atoms with Crippen LogP contribution < -0.4 is 5.73 Å². The Labute approximate surface area is 109 Å². The zero-order chi connectivity index (χ0) is 13.6. The van der Waals surface area contributed by atoms with Gasteiger partial charge in [-0.3, -0.25) is 9.79 Å². The lowest BCUT2D eigenvalue weighted by molar-refractivity contribution is -0.117. The van der Waals surface area contributed by atoms with Crippen molar-refractivity contribution in [1.82, 2.24) is 4.90 Å². The number of carbonyl (C=O) groups excluding carboxylic acids is 1. The molecule has 8 heteroatoms. The predicted octanol–water partition coefficient (Wildman–Crippen LogP) is -2.06. The molecule has 3 atom stereocenters. The molecule has 0 aromatic carbocycles. The first kappa shape index (κ1) is 12.2. The number of hydrogen-bond acceptors (Lipinski definition) is 7. The monoisotopic (exact) mass is 265 g/mol. The van der Waals surface area contributed by atoms with E-state index in [1.54, 1.807) is 4.90 Å². The molecule has 1 unspecified atom stereocenters. The molecule has 0 saturated heterocycles. The lowest BCUT2D eigenvalue weighted by atomic mass is 10.0. The molecule has 4 N–H and O–H groups in total. The number of rotatable bonds is 4. The second-order valence-electron chi connectivity index (χ2n) is 5.18. The number of carbonyl (C=O) groups is 1. The van der Waals surface area contributed by atoms with Crippen LogP contribution in [-0.2, 0) is 4.79 Å². The zero-order valence-electron chi connectivity index (χ0n) is 10.2. The number of amides is 1. The van der Waals surface area contributed by atoms with E-state index in [1.807, 2.05) is 0 Å². The molecule has 0 aromatic heterocycles. The Morgan fingerprint density at radius 1 is 1.47 bits per heavy atom. The van der Waals surface area contributed by atoms with Gasteiger partial charge in [0.15, 0.2) is 6.04 Å². The van der Waals surface area contributed by atoms with Gasteiger partial charge in [0.05, 0.1) is 12.9 Å². The molecule has 8 nitrogen and oxygen atoms in total. The van der Waals surface area contributed by atoms with Crippen LogP contribution in [0.5, 0.6) is 0 Å². The highest BCUT2D eigenvalue weighted by molar-refractivity contribution is 6.21. The highest BCUT2D eigenvalue weighted by atomic mass is 16.3. The van der Waals surface area contributed by atoms with Gasteiger partial charge < -0.3 is 20.8 Å². The molecule has 1 saturated carbocycles. The standard InChI is InChI=1S/C11H15N5O3/c12-10-14-8-7(9(19)15-10)13-5-16(8)3-11(4-18)1-6(11)2-17/h5-7,17-18H,1-4H2,(H2,12,15,19)/t6-,7?,11-/m0/s1. The molecular formula is C11H15N5O3.